The summed E-state index contributed by atoms with van der Waals surface area (Å²) in [5.41, 5.74) is 10.1. The molecule has 0 saturated carbocycles. The zero-order valence-corrected chi connectivity index (χ0v) is 17.9. The number of benzene rings is 3. The molecule has 0 heterocycles. The molecule has 0 aliphatic heterocycles. The van der Waals surface area contributed by atoms with E-state index in [9.17, 15) is 0 Å². The van der Waals surface area contributed by atoms with Crippen LogP contribution in [0.5, 0.6) is 0 Å². The Bertz CT molecular complexity index is 1000. The van der Waals surface area contributed by atoms with Crippen molar-refractivity contribution in [2.75, 3.05) is 0 Å². The Hall–Kier alpha value is -2.34. The Labute approximate surface area is 181 Å². The lowest BCUT2D eigenvalue weighted by molar-refractivity contribution is 0.204. The second kappa shape index (κ2) is 7.41. The van der Waals surface area contributed by atoms with Crippen LogP contribution in [0.3, 0.4) is 0 Å². The molecule has 0 aromatic heterocycles. The van der Waals surface area contributed by atoms with Crippen LogP contribution in [0.1, 0.15) is 83.7 Å². The van der Waals surface area contributed by atoms with Gasteiger partial charge in [-0.05, 0) is 103 Å². The molecular weight excluding hydrogens is 360 g/mol. The lowest BCUT2D eigenvalue weighted by Crippen LogP contribution is -2.45. The summed E-state index contributed by atoms with van der Waals surface area (Å²) in [6.07, 6.45) is 11.8. The van der Waals surface area contributed by atoms with Crippen molar-refractivity contribution in [3.05, 3.63) is 106 Å². The Morgan fingerprint density at radius 2 is 1.03 bits per heavy atom. The number of aryl methyl sites for hydroxylation is 3. The average molecular weight is 393 g/mol. The molecule has 0 spiro atoms. The Morgan fingerprint density at radius 3 is 1.67 bits per heavy atom. The molecule has 0 heteroatoms. The second-order valence-electron chi connectivity index (χ2n) is 9.84. The minimum atomic E-state index is 0.238. The van der Waals surface area contributed by atoms with Crippen molar-refractivity contribution in [2.45, 2.75) is 75.0 Å². The zero-order chi connectivity index (χ0) is 20.0. The first-order valence-electron chi connectivity index (χ1n) is 12.1. The summed E-state index contributed by atoms with van der Waals surface area (Å²) in [6, 6.07) is 28.3. The fourth-order valence-corrected chi connectivity index (χ4v) is 7.44. The summed E-state index contributed by atoms with van der Waals surface area (Å²) < 4.78 is 0. The van der Waals surface area contributed by atoms with E-state index in [1.54, 1.807) is 33.4 Å². The third-order valence-corrected chi connectivity index (χ3v) is 8.54. The molecule has 6 rings (SSSR count). The molecular formula is C30H32. The van der Waals surface area contributed by atoms with Gasteiger partial charge in [0.2, 0.25) is 0 Å². The first kappa shape index (κ1) is 18.4. The molecule has 0 nitrogen and oxygen atoms in total. The number of rotatable bonds is 2. The molecule has 152 valence electrons. The van der Waals surface area contributed by atoms with Crippen molar-refractivity contribution in [3.63, 3.8) is 0 Å². The van der Waals surface area contributed by atoms with Crippen LogP contribution in [0.4, 0.5) is 0 Å². The summed E-state index contributed by atoms with van der Waals surface area (Å²) in [6.45, 7) is 0. The standard InChI is InChI=1S/C30H32/c1-4-16-25-22(10-1)13-7-19-28(25)30(21-9-15-24-12-3-6-18-27(24)30)29-20-8-14-23-11-2-5-17-26(23)29/h1-6,10-12,16-18,28-29H,7-9,13-15,19-21H2. The first-order chi connectivity index (χ1) is 14.9. The maximum absolute atomic E-state index is 2.50. The quantitative estimate of drug-likeness (QED) is 0.423. The van der Waals surface area contributed by atoms with Crippen LogP contribution in [-0.2, 0) is 24.7 Å². The van der Waals surface area contributed by atoms with Gasteiger partial charge in [-0.3, -0.25) is 0 Å². The smallest absolute Gasteiger partial charge is 0.00932 e. The topological polar surface area (TPSA) is 0 Å². The van der Waals surface area contributed by atoms with Gasteiger partial charge in [-0.25, -0.2) is 0 Å². The monoisotopic (exact) mass is 392 g/mol. The van der Waals surface area contributed by atoms with Crippen molar-refractivity contribution >= 4 is 0 Å². The lowest BCUT2D eigenvalue weighted by Gasteiger charge is -2.53. The molecule has 0 radical (unpaired) electrons. The highest BCUT2D eigenvalue weighted by Crippen LogP contribution is 2.60. The van der Waals surface area contributed by atoms with Crippen LogP contribution >= 0.6 is 0 Å². The van der Waals surface area contributed by atoms with Gasteiger partial charge in [0, 0.05) is 5.41 Å². The summed E-state index contributed by atoms with van der Waals surface area (Å²) in [7, 11) is 0. The van der Waals surface area contributed by atoms with Gasteiger partial charge in [-0.1, -0.05) is 72.8 Å². The molecule has 2 atom stereocenters. The van der Waals surface area contributed by atoms with Crippen molar-refractivity contribution in [1.29, 1.82) is 0 Å². The van der Waals surface area contributed by atoms with Gasteiger partial charge in [0.1, 0.15) is 0 Å². The van der Waals surface area contributed by atoms with Crippen molar-refractivity contribution in [2.24, 2.45) is 0 Å². The number of hydrogen-bond acceptors (Lipinski definition) is 0. The second-order valence-corrected chi connectivity index (χ2v) is 9.84. The minimum absolute atomic E-state index is 0.238. The molecule has 2 unspecified atom stereocenters. The van der Waals surface area contributed by atoms with Gasteiger partial charge in [0.25, 0.3) is 0 Å². The molecule has 0 amide bonds. The Kier molecular flexibility index (Phi) is 4.55. The molecule has 3 aromatic carbocycles. The van der Waals surface area contributed by atoms with Crippen LogP contribution < -0.4 is 0 Å². The molecule has 0 fully saturated rings. The highest BCUT2D eigenvalue weighted by Gasteiger charge is 2.51. The predicted octanol–water partition coefficient (Wildman–Crippen LogP) is 7.50. The van der Waals surface area contributed by atoms with Crippen LogP contribution in [0.25, 0.3) is 0 Å². The third-order valence-electron chi connectivity index (χ3n) is 8.54. The molecule has 3 aromatic rings. The molecule has 0 saturated heterocycles. The Balaban J connectivity index is 1.62. The van der Waals surface area contributed by atoms with Gasteiger partial charge in [-0.15, -0.1) is 0 Å². The lowest BCUT2D eigenvalue weighted by atomic mass is 9.50. The van der Waals surface area contributed by atoms with Gasteiger partial charge >= 0.3 is 0 Å². The highest BCUT2D eigenvalue weighted by atomic mass is 14.5. The van der Waals surface area contributed by atoms with E-state index in [1.807, 2.05) is 0 Å². The third kappa shape index (κ3) is 2.73. The van der Waals surface area contributed by atoms with E-state index >= 15 is 0 Å². The van der Waals surface area contributed by atoms with Crippen molar-refractivity contribution in [3.8, 4) is 0 Å². The van der Waals surface area contributed by atoms with Crippen molar-refractivity contribution < 1.29 is 0 Å². The molecule has 0 bridgehead atoms. The zero-order valence-electron chi connectivity index (χ0n) is 17.9. The first-order valence-corrected chi connectivity index (χ1v) is 12.1. The van der Waals surface area contributed by atoms with E-state index in [4.69, 9.17) is 0 Å². The van der Waals surface area contributed by atoms with E-state index < -0.39 is 0 Å². The Morgan fingerprint density at radius 1 is 0.533 bits per heavy atom. The normalized spacial score (nSPS) is 27.6. The number of hydrogen-bond donors (Lipinski definition) is 0. The predicted molar refractivity (Wildman–Crippen MR) is 125 cm³/mol. The molecule has 3 aliphatic carbocycles. The number of fused-ring (bicyclic) bond motifs is 3. The summed E-state index contributed by atoms with van der Waals surface area (Å²) in [4.78, 5) is 0. The van der Waals surface area contributed by atoms with E-state index in [0.717, 1.165) is 0 Å². The summed E-state index contributed by atoms with van der Waals surface area (Å²) in [5.74, 6) is 1.28. The summed E-state index contributed by atoms with van der Waals surface area (Å²) >= 11 is 0. The molecule has 3 aliphatic rings. The van der Waals surface area contributed by atoms with Crippen LogP contribution in [0, 0.1) is 0 Å². The van der Waals surface area contributed by atoms with E-state index in [0.29, 0.717) is 11.8 Å². The van der Waals surface area contributed by atoms with Crippen molar-refractivity contribution in [1.82, 2.24) is 0 Å². The molecule has 30 heavy (non-hydrogen) atoms. The van der Waals surface area contributed by atoms with Gasteiger partial charge in [-0.2, -0.15) is 0 Å². The fraction of sp³-hybridized carbons (Fsp3) is 0.400. The molecule has 0 N–H and O–H groups in total. The van der Waals surface area contributed by atoms with Crippen LogP contribution in [-0.4, -0.2) is 0 Å². The maximum Gasteiger partial charge on any atom is 0.00932 e. The SMILES string of the molecule is c1ccc2c(c1)CCCC2C1(C2CCCc3ccccc32)CCCc2ccccc21. The van der Waals surface area contributed by atoms with E-state index in [2.05, 4.69) is 72.8 Å². The fourth-order valence-electron chi connectivity index (χ4n) is 7.44. The minimum Gasteiger partial charge on any atom is -0.0620 e. The van der Waals surface area contributed by atoms with Gasteiger partial charge in [0.05, 0.1) is 0 Å². The maximum atomic E-state index is 2.50. The van der Waals surface area contributed by atoms with Crippen LogP contribution in [0.2, 0.25) is 0 Å². The van der Waals surface area contributed by atoms with E-state index in [1.165, 1.54) is 57.8 Å². The largest absolute Gasteiger partial charge is 0.0620 e. The average Bonchev–Trinajstić information content (AvgIpc) is 2.83. The summed E-state index contributed by atoms with van der Waals surface area (Å²) in [5, 5.41) is 0. The van der Waals surface area contributed by atoms with Crippen LogP contribution in [0.15, 0.2) is 72.8 Å². The van der Waals surface area contributed by atoms with Gasteiger partial charge in [0.15, 0.2) is 0 Å². The van der Waals surface area contributed by atoms with E-state index in [-0.39, 0.29) is 5.41 Å². The highest BCUT2D eigenvalue weighted by molar-refractivity contribution is 5.49. The van der Waals surface area contributed by atoms with Gasteiger partial charge < -0.3 is 0 Å².